The van der Waals surface area contributed by atoms with Crippen LogP contribution in [0.1, 0.15) is 103 Å². The van der Waals surface area contributed by atoms with Crippen molar-refractivity contribution in [1.82, 2.24) is 35.8 Å². The Labute approximate surface area is 566 Å². The van der Waals surface area contributed by atoms with Crippen LogP contribution < -0.4 is 20.4 Å². The molecule has 1 aromatic heterocycles. The first kappa shape index (κ1) is 75.7. The smallest absolute Gasteiger partial charge is 0.409 e. The number of epoxide rings is 1. The molecule has 8 rings (SSSR count). The molecule has 2 saturated heterocycles. The quantitative estimate of drug-likeness (QED) is 0.0238. The highest BCUT2D eigenvalue weighted by molar-refractivity contribution is 6.34. The number of rotatable bonds is 27. The molecule has 26 nitrogen and oxygen atoms in total. The number of methoxy groups -OCH3 is 1. The number of nitrogens with one attached hydrogen (secondary N) is 3. The third-order valence-corrected chi connectivity index (χ3v) is 17.9. The van der Waals surface area contributed by atoms with E-state index >= 15 is 0 Å². The summed E-state index contributed by atoms with van der Waals surface area (Å²) in [6.07, 6.45) is 0.665. The maximum Gasteiger partial charge on any atom is 0.409 e. The van der Waals surface area contributed by atoms with Crippen molar-refractivity contribution in [3.63, 3.8) is 0 Å². The third-order valence-electron chi connectivity index (χ3n) is 17.5. The molecule has 5 heterocycles. The summed E-state index contributed by atoms with van der Waals surface area (Å²) in [6, 6.07) is 17.7. The van der Waals surface area contributed by atoms with E-state index in [2.05, 4.69) is 26.0 Å². The van der Waals surface area contributed by atoms with Gasteiger partial charge in [-0.25, -0.2) is 9.59 Å². The molecule has 8 atom stereocenters. The van der Waals surface area contributed by atoms with Crippen LogP contribution in [0.3, 0.4) is 0 Å². The Morgan fingerprint density at radius 3 is 2.19 bits per heavy atom. The number of aliphatic hydroxyl groups excluding tert-OH is 1. The fraction of sp³-hybridized carbons (Fsp3) is 0.551. The summed E-state index contributed by atoms with van der Waals surface area (Å²) in [7, 11) is 6.02. The van der Waals surface area contributed by atoms with Gasteiger partial charge in [-0.15, -0.1) is 0 Å². The number of para-hydroxylation sites is 1. The number of H-pyrrole nitrogens is 1. The highest BCUT2D eigenvalue weighted by Crippen LogP contribution is 2.49. The lowest BCUT2D eigenvalue weighted by Gasteiger charge is -2.42. The summed E-state index contributed by atoms with van der Waals surface area (Å²) < 4.78 is 46.2. The van der Waals surface area contributed by atoms with Gasteiger partial charge in [0.1, 0.15) is 41.3 Å². The van der Waals surface area contributed by atoms with E-state index in [1.807, 2.05) is 75.4 Å². The van der Waals surface area contributed by atoms with Crippen LogP contribution in [0.25, 0.3) is 22.5 Å². The number of alkyl carbamates (subject to hydrolysis) is 1. The van der Waals surface area contributed by atoms with E-state index in [0.29, 0.717) is 68.6 Å². The highest BCUT2D eigenvalue weighted by atomic mass is 35.5. The van der Waals surface area contributed by atoms with E-state index in [4.69, 9.17) is 49.5 Å². The van der Waals surface area contributed by atoms with Gasteiger partial charge in [0.15, 0.2) is 5.72 Å². The normalized spacial score (nSPS) is 22.6. The predicted molar refractivity (Wildman–Crippen MR) is 357 cm³/mol. The Kier molecular flexibility index (Phi) is 28.5. The van der Waals surface area contributed by atoms with E-state index in [-0.39, 0.29) is 94.2 Å². The fourth-order valence-corrected chi connectivity index (χ4v) is 12.0. The number of carbonyl (C=O) groups excluding carboxylic acids is 7. The number of likely N-dealkylation sites (N-methyl/N-ethyl adjacent to an activating group) is 2. The lowest BCUT2D eigenvalue weighted by molar-refractivity contribution is -0.162. The molecule has 4 aliphatic rings. The van der Waals surface area contributed by atoms with Crippen molar-refractivity contribution in [3.8, 4) is 22.5 Å². The van der Waals surface area contributed by atoms with Gasteiger partial charge in [0, 0.05) is 90.5 Å². The van der Waals surface area contributed by atoms with Gasteiger partial charge in [0.25, 0.3) is 0 Å². The standard InChI is InChI=1S/C67H88ClN9O17.C2H6/c1-42-15-13-20-53(87-8)67(86)39-52(92-65(85)70-67)43(2)63-66(4,94-63)54(38-59(83)76(7)51-37-45(35-42)36-47(41-78)60(51)68)93-64(84)44(3)75(6)57(81)22-14-21-56(80)74(5)26-28-89-30-32-91-34-33-90-31-29-88-27-24-55(79)69-25-23-58(82)77-40-46-16-9-10-17-48(46)61-62(72-73-71-61)49-18-11-12-19-50(49)77;1-2/h9-13,15-20,36-37,43-44,52-54,63,78,86H,14,21-35,38-41H2,1-8H3,(H,69,79)(H,70,85)(H,71,72,73);1-2H3/b20-13+,42-15-;/t43-,44+,52+,53-,54+,63+,66+,67+;/m1./s1. The van der Waals surface area contributed by atoms with Crippen molar-refractivity contribution < 1.29 is 81.7 Å². The van der Waals surface area contributed by atoms with Gasteiger partial charge in [-0.3, -0.25) is 29.3 Å². The minimum atomic E-state index is -1.89. The Bertz CT molecular complexity index is 3380. The molecule has 524 valence electrons. The lowest BCUT2D eigenvalue weighted by atomic mass is 9.83. The Balaban J connectivity index is 0.00000644. The summed E-state index contributed by atoms with van der Waals surface area (Å²) in [4.78, 5) is 100. The van der Waals surface area contributed by atoms with E-state index in [9.17, 15) is 43.8 Å². The summed E-state index contributed by atoms with van der Waals surface area (Å²) in [5, 5.41) is 39.2. The van der Waals surface area contributed by atoms with Gasteiger partial charge in [0.05, 0.1) is 94.9 Å². The van der Waals surface area contributed by atoms with Gasteiger partial charge in [0.2, 0.25) is 29.5 Å². The molecule has 0 radical (unpaired) electrons. The molecule has 4 bridgehead atoms. The molecule has 6 amide bonds. The summed E-state index contributed by atoms with van der Waals surface area (Å²) >= 11 is 6.80. The molecule has 0 aliphatic carbocycles. The van der Waals surface area contributed by atoms with Gasteiger partial charge in [-0.1, -0.05) is 105 Å². The number of benzene rings is 3. The molecule has 0 unspecified atom stereocenters. The van der Waals surface area contributed by atoms with Crippen LogP contribution in [-0.4, -0.2) is 213 Å². The first-order valence-electron chi connectivity index (χ1n) is 32.7. The molecule has 0 saturated carbocycles. The van der Waals surface area contributed by atoms with Gasteiger partial charge in [-0.05, 0) is 62.4 Å². The van der Waals surface area contributed by atoms with Crippen LogP contribution in [0, 0.1) is 5.92 Å². The zero-order valence-electron chi connectivity index (χ0n) is 56.7. The number of fused-ring (bicyclic) bond motifs is 10. The number of hydrogen-bond donors (Lipinski definition) is 5. The van der Waals surface area contributed by atoms with E-state index < -0.39 is 84.6 Å². The van der Waals surface area contributed by atoms with Crippen molar-refractivity contribution in [3.05, 3.63) is 106 Å². The largest absolute Gasteiger partial charge is 0.457 e. The molecule has 0 spiro atoms. The molecular weight excluding hydrogens is 1260 g/mol. The number of aliphatic hydroxyl groups is 2. The molecule has 4 aromatic rings. The van der Waals surface area contributed by atoms with Crippen molar-refractivity contribution in [1.29, 1.82) is 0 Å². The van der Waals surface area contributed by atoms with E-state index in [1.54, 1.807) is 50.1 Å². The molecule has 27 heteroatoms. The lowest BCUT2D eigenvalue weighted by Crippen LogP contribution is -2.63. The van der Waals surface area contributed by atoms with Crippen molar-refractivity contribution in [2.24, 2.45) is 5.92 Å². The van der Waals surface area contributed by atoms with Gasteiger partial charge < -0.3 is 73.0 Å². The van der Waals surface area contributed by atoms with Crippen LogP contribution in [0.4, 0.5) is 16.2 Å². The Morgan fingerprint density at radius 1 is 0.865 bits per heavy atom. The number of ether oxygens (including phenoxy) is 8. The van der Waals surface area contributed by atoms with Crippen LogP contribution in [0.15, 0.2) is 84.5 Å². The number of aromatic nitrogens is 3. The first-order valence-corrected chi connectivity index (χ1v) is 33.1. The van der Waals surface area contributed by atoms with Crippen molar-refractivity contribution in [2.45, 2.75) is 148 Å². The number of allylic oxidation sites excluding steroid dienone is 3. The Hall–Kier alpha value is -7.66. The minimum absolute atomic E-state index is 0.0523. The maximum atomic E-state index is 14.4. The second-order valence-corrected chi connectivity index (χ2v) is 24.5. The summed E-state index contributed by atoms with van der Waals surface area (Å²) in [5.74, 6) is -2.94. The number of anilines is 2. The van der Waals surface area contributed by atoms with Crippen LogP contribution in [0.5, 0.6) is 0 Å². The molecular formula is C69H94ClN9O17. The second kappa shape index (κ2) is 36.1. The fourth-order valence-electron chi connectivity index (χ4n) is 11.7. The number of halogens is 1. The SMILES string of the molecule is CC.CO[C@@H]1/C=C/C=C(/C)Cc2cc(CO)c(Cl)c(c2)N(C)C(=O)C[C@H](OC(=O)[C@H](C)N(C)C(=O)CCCC(=O)N(C)CCOCCOCCOCCOCCC(=O)NCCC(=O)N2Cc3ccccc3-c3n[nH]nc3-c3ccccc32)[C@]2(C)O[C@H]2[C@H](C)[C@@H]2C[C@@]1(O)NC(=O)O2. The Morgan fingerprint density at radius 2 is 1.50 bits per heavy atom. The van der Waals surface area contributed by atoms with Gasteiger partial charge in [-0.2, -0.15) is 15.4 Å². The molecule has 96 heavy (non-hydrogen) atoms. The monoisotopic (exact) mass is 1360 g/mol. The number of esters is 1. The zero-order valence-corrected chi connectivity index (χ0v) is 57.4. The molecule has 3 aromatic carbocycles. The van der Waals surface area contributed by atoms with Gasteiger partial charge >= 0.3 is 12.1 Å². The minimum Gasteiger partial charge on any atom is -0.457 e. The van der Waals surface area contributed by atoms with Crippen molar-refractivity contribution >= 4 is 64.6 Å². The number of hydrogen-bond acceptors (Lipinski definition) is 19. The number of aromatic amines is 1. The van der Waals surface area contributed by atoms with Crippen molar-refractivity contribution in [2.75, 3.05) is 104 Å². The topological polar surface area (TPSA) is 316 Å². The zero-order chi connectivity index (χ0) is 69.7. The molecule has 2 fully saturated rings. The van der Waals surface area contributed by atoms with Crippen LogP contribution in [0.2, 0.25) is 5.02 Å². The number of nitrogens with zero attached hydrogens (tertiary/aromatic N) is 6. The highest BCUT2D eigenvalue weighted by Gasteiger charge is 2.64. The average molecular weight is 1360 g/mol. The maximum absolute atomic E-state index is 14.4. The predicted octanol–water partition coefficient (Wildman–Crippen LogP) is 6.61. The summed E-state index contributed by atoms with van der Waals surface area (Å²) in [6.45, 7) is 13.5. The third kappa shape index (κ3) is 19.8. The molecule has 5 N–H and O–H groups in total. The van der Waals surface area contributed by atoms with E-state index in [0.717, 1.165) is 33.5 Å². The second-order valence-electron chi connectivity index (χ2n) is 24.2. The van der Waals surface area contributed by atoms with E-state index in [1.165, 1.54) is 42.8 Å². The molecule has 4 aliphatic heterocycles. The van der Waals surface area contributed by atoms with Crippen LogP contribution in [-0.2, 0) is 86.2 Å². The summed E-state index contributed by atoms with van der Waals surface area (Å²) in [5.41, 5.74) is 3.81. The first-order chi connectivity index (χ1) is 46.1. The van der Waals surface area contributed by atoms with Crippen LogP contribution >= 0.6 is 11.6 Å². The number of amides is 6. The average Bonchev–Trinajstić information content (AvgIpc) is 1.56. The number of carbonyl (C=O) groups is 7.